The highest BCUT2D eigenvalue weighted by molar-refractivity contribution is 7.07. The van der Waals surface area contributed by atoms with E-state index in [0.29, 0.717) is 0 Å². The van der Waals surface area contributed by atoms with Crippen LogP contribution in [0, 0.1) is 0 Å². The van der Waals surface area contributed by atoms with Crippen molar-refractivity contribution in [1.29, 1.82) is 0 Å². The third kappa shape index (κ3) is 6.18. The van der Waals surface area contributed by atoms with Crippen LogP contribution in [-0.4, -0.2) is 37.3 Å². The van der Waals surface area contributed by atoms with E-state index in [1.165, 1.54) is 0 Å². The highest BCUT2D eigenvalue weighted by Gasteiger charge is 2.31. The first kappa shape index (κ1) is 20.0. The zero-order chi connectivity index (χ0) is 13.0. The van der Waals surface area contributed by atoms with Crippen molar-refractivity contribution in [2.24, 2.45) is 0 Å². The number of hydrogen-bond donors (Lipinski definition) is 1. The molecular formula is C12H19Cl2F3N2S. The molecule has 8 heteroatoms. The van der Waals surface area contributed by atoms with E-state index in [2.05, 4.69) is 10.2 Å². The van der Waals surface area contributed by atoms with Crippen LogP contribution in [0.3, 0.4) is 0 Å². The van der Waals surface area contributed by atoms with E-state index >= 15 is 0 Å². The van der Waals surface area contributed by atoms with Gasteiger partial charge in [-0.1, -0.05) is 0 Å². The Morgan fingerprint density at radius 1 is 1.25 bits per heavy atom. The molecule has 0 unspecified atom stereocenters. The zero-order valence-corrected chi connectivity index (χ0v) is 13.3. The molecule has 0 saturated carbocycles. The molecule has 1 aliphatic heterocycles. The van der Waals surface area contributed by atoms with E-state index in [-0.39, 0.29) is 37.3 Å². The van der Waals surface area contributed by atoms with Gasteiger partial charge in [0.25, 0.3) is 0 Å². The Labute approximate surface area is 133 Å². The monoisotopic (exact) mass is 350 g/mol. The van der Waals surface area contributed by atoms with Crippen molar-refractivity contribution in [2.75, 3.05) is 26.2 Å². The quantitative estimate of drug-likeness (QED) is 0.886. The third-order valence-electron chi connectivity index (χ3n) is 3.22. The second-order valence-electron chi connectivity index (χ2n) is 4.51. The Bertz CT molecular complexity index is 354. The minimum atomic E-state index is -4.07. The molecule has 20 heavy (non-hydrogen) atoms. The second kappa shape index (κ2) is 9.10. The molecule has 1 aliphatic rings. The van der Waals surface area contributed by atoms with Gasteiger partial charge in [0.05, 0.1) is 0 Å². The maximum Gasteiger partial charge on any atom is 0.389 e. The number of halogens is 5. The van der Waals surface area contributed by atoms with E-state index in [4.69, 9.17) is 0 Å². The van der Waals surface area contributed by atoms with Gasteiger partial charge in [-0.25, -0.2) is 0 Å². The Hall–Kier alpha value is -0.0100. The van der Waals surface area contributed by atoms with Crippen LogP contribution >= 0.6 is 36.2 Å². The number of piperazine rings is 1. The molecule has 1 aromatic heterocycles. The molecule has 0 amide bonds. The lowest BCUT2D eigenvalue weighted by Crippen LogP contribution is -2.45. The first-order chi connectivity index (χ1) is 8.56. The highest BCUT2D eigenvalue weighted by Crippen LogP contribution is 2.32. The lowest BCUT2D eigenvalue weighted by molar-refractivity contribution is -0.138. The van der Waals surface area contributed by atoms with Crippen LogP contribution in [-0.2, 0) is 0 Å². The lowest BCUT2D eigenvalue weighted by Gasteiger charge is -2.35. The van der Waals surface area contributed by atoms with Crippen molar-refractivity contribution in [1.82, 2.24) is 10.2 Å². The van der Waals surface area contributed by atoms with Gasteiger partial charge in [-0.2, -0.15) is 24.5 Å². The van der Waals surface area contributed by atoms with Gasteiger partial charge in [0.15, 0.2) is 0 Å². The molecule has 1 N–H and O–H groups in total. The molecule has 1 fully saturated rings. The minimum absolute atomic E-state index is 0. The molecule has 0 aromatic carbocycles. The van der Waals surface area contributed by atoms with Gasteiger partial charge < -0.3 is 5.32 Å². The SMILES string of the molecule is Cl.Cl.FC(F)(F)CC[C@@H](c1ccsc1)N1CCNCC1. The number of rotatable bonds is 4. The summed E-state index contributed by atoms with van der Waals surface area (Å²) in [6.45, 7) is 3.34. The fraction of sp³-hybridized carbons (Fsp3) is 0.667. The van der Waals surface area contributed by atoms with Crippen LogP contribution in [0.5, 0.6) is 0 Å². The summed E-state index contributed by atoms with van der Waals surface area (Å²) in [6.07, 6.45) is -4.63. The number of hydrogen-bond acceptors (Lipinski definition) is 3. The van der Waals surface area contributed by atoms with Gasteiger partial charge in [0.2, 0.25) is 0 Å². The number of alkyl halides is 3. The molecule has 0 aliphatic carbocycles. The largest absolute Gasteiger partial charge is 0.389 e. The number of thiophene rings is 1. The van der Waals surface area contributed by atoms with Crippen molar-refractivity contribution >= 4 is 36.2 Å². The Morgan fingerprint density at radius 3 is 2.40 bits per heavy atom. The summed E-state index contributed by atoms with van der Waals surface area (Å²) in [5.74, 6) is 0. The van der Waals surface area contributed by atoms with Gasteiger partial charge in [-0.05, 0) is 28.8 Å². The van der Waals surface area contributed by atoms with E-state index in [1.54, 1.807) is 11.3 Å². The number of nitrogens with zero attached hydrogens (tertiary/aromatic N) is 1. The van der Waals surface area contributed by atoms with E-state index in [9.17, 15) is 13.2 Å². The Kier molecular flexibility index (Phi) is 9.09. The van der Waals surface area contributed by atoms with Gasteiger partial charge in [0, 0.05) is 38.6 Å². The van der Waals surface area contributed by atoms with Crippen molar-refractivity contribution in [3.05, 3.63) is 22.4 Å². The smallest absolute Gasteiger partial charge is 0.314 e. The van der Waals surface area contributed by atoms with Gasteiger partial charge >= 0.3 is 6.18 Å². The van der Waals surface area contributed by atoms with Crippen LogP contribution in [0.25, 0.3) is 0 Å². The second-order valence-corrected chi connectivity index (χ2v) is 5.29. The average molecular weight is 351 g/mol. The van der Waals surface area contributed by atoms with Crippen molar-refractivity contribution in [3.63, 3.8) is 0 Å². The van der Waals surface area contributed by atoms with Crippen LogP contribution < -0.4 is 5.32 Å². The Morgan fingerprint density at radius 2 is 1.90 bits per heavy atom. The summed E-state index contributed by atoms with van der Waals surface area (Å²) >= 11 is 1.54. The van der Waals surface area contributed by atoms with Crippen molar-refractivity contribution in [3.8, 4) is 0 Å². The summed E-state index contributed by atoms with van der Waals surface area (Å²) in [5, 5.41) is 7.12. The minimum Gasteiger partial charge on any atom is -0.314 e. The zero-order valence-electron chi connectivity index (χ0n) is 10.9. The van der Waals surface area contributed by atoms with Crippen molar-refractivity contribution in [2.45, 2.75) is 25.1 Å². The maximum absolute atomic E-state index is 12.4. The van der Waals surface area contributed by atoms with Crippen LogP contribution in [0.4, 0.5) is 13.2 Å². The topological polar surface area (TPSA) is 15.3 Å². The fourth-order valence-corrected chi connectivity index (χ4v) is 3.03. The maximum atomic E-state index is 12.4. The Balaban J connectivity index is 0.00000180. The predicted octanol–water partition coefficient (Wildman–Crippen LogP) is 3.88. The molecule has 118 valence electrons. The van der Waals surface area contributed by atoms with E-state index in [0.717, 1.165) is 31.7 Å². The summed E-state index contributed by atoms with van der Waals surface area (Å²) in [6, 6.07) is 1.84. The molecule has 1 saturated heterocycles. The summed E-state index contributed by atoms with van der Waals surface area (Å²) in [5.41, 5.74) is 1.02. The van der Waals surface area contributed by atoms with Crippen LogP contribution in [0.1, 0.15) is 24.4 Å². The highest BCUT2D eigenvalue weighted by atomic mass is 35.5. The normalized spacial score (nSPS) is 17.9. The fourth-order valence-electron chi connectivity index (χ4n) is 2.32. The molecule has 2 heterocycles. The van der Waals surface area contributed by atoms with E-state index < -0.39 is 12.6 Å². The molecule has 1 aromatic rings. The van der Waals surface area contributed by atoms with E-state index in [1.807, 2.05) is 16.8 Å². The molecule has 1 atom stereocenters. The van der Waals surface area contributed by atoms with Crippen LogP contribution in [0.2, 0.25) is 0 Å². The average Bonchev–Trinajstić information content (AvgIpc) is 2.83. The first-order valence-electron chi connectivity index (χ1n) is 6.10. The molecule has 0 radical (unpaired) electrons. The first-order valence-corrected chi connectivity index (χ1v) is 7.04. The molecular weight excluding hydrogens is 332 g/mol. The third-order valence-corrected chi connectivity index (χ3v) is 3.92. The standard InChI is InChI=1S/C12H17F3N2S.2ClH/c13-12(14,15)3-1-11(10-2-8-18-9-10)17-6-4-16-5-7-17;;/h2,8-9,11,16H,1,3-7H2;2*1H/t11-;;/m0../s1. The summed E-state index contributed by atoms with van der Waals surface area (Å²) in [7, 11) is 0. The van der Waals surface area contributed by atoms with Gasteiger partial charge in [-0.15, -0.1) is 24.8 Å². The summed E-state index contributed by atoms with van der Waals surface area (Å²) < 4.78 is 37.2. The van der Waals surface area contributed by atoms with Gasteiger partial charge in [-0.3, -0.25) is 4.90 Å². The molecule has 2 nitrogen and oxygen atoms in total. The summed E-state index contributed by atoms with van der Waals surface area (Å²) in [4.78, 5) is 2.16. The van der Waals surface area contributed by atoms with Crippen molar-refractivity contribution < 1.29 is 13.2 Å². The number of nitrogens with one attached hydrogen (secondary N) is 1. The van der Waals surface area contributed by atoms with Crippen LogP contribution in [0.15, 0.2) is 16.8 Å². The molecule has 2 rings (SSSR count). The van der Waals surface area contributed by atoms with Gasteiger partial charge in [0.1, 0.15) is 0 Å². The molecule has 0 bridgehead atoms. The molecule has 0 spiro atoms. The predicted molar refractivity (Wildman–Crippen MR) is 81.3 cm³/mol. The lowest BCUT2D eigenvalue weighted by atomic mass is 10.0.